The normalized spacial score (nSPS) is 15.5. The highest BCUT2D eigenvalue weighted by Crippen LogP contribution is 2.39. The van der Waals surface area contributed by atoms with E-state index in [-0.39, 0.29) is 11.9 Å². The Hall–Kier alpha value is -3.39. The minimum Gasteiger partial charge on any atom is -0.444 e. The first kappa shape index (κ1) is 22.8. The summed E-state index contributed by atoms with van der Waals surface area (Å²) in [6, 6.07) is 9.29. The molecule has 0 radical (unpaired) electrons. The number of amides is 2. The van der Waals surface area contributed by atoms with Gasteiger partial charge in [0.2, 0.25) is 0 Å². The summed E-state index contributed by atoms with van der Waals surface area (Å²) in [6.07, 6.45) is 5.24. The Morgan fingerprint density at radius 1 is 1.21 bits per heavy atom. The van der Waals surface area contributed by atoms with Crippen LogP contribution in [0.5, 0.6) is 0 Å². The third kappa shape index (κ3) is 5.17. The first-order valence-corrected chi connectivity index (χ1v) is 11.1. The summed E-state index contributed by atoms with van der Waals surface area (Å²) in [6.45, 7) is 6.32. The van der Waals surface area contributed by atoms with Crippen molar-refractivity contribution in [3.05, 3.63) is 59.8 Å². The molecular formula is C24H26ClN5O3. The molecule has 1 unspecified atom stereocenters. The van der Waals surface area contributed by atoms with Crippen molar-refractivity contribution in [1.82, 2.24) is 25.2 Å². The quantitative estimate of drug-likeness (QED) is 0.539. The third-order valence-electron chi connectivity index (χ3n) is 5.27. The Labute approximate surface area is 197 Å². The fraction of sp³-hybridized carbons (Fsp3) is 0.333. The molecule has 4 rings (SSSR count). The zero-order valence-corrected chi connectivity index (χ0v) is 19.5. The second-order valence-corrected chi connectivity index (χ2v) is 9.23. The van der Waals surface area contributed by atoms with E-state index in [0.717, 1.165) is 22.4 Å². The van der Waals surface area contributed by atoms with Crippen molar-refractivity contribution in [3.63, 3.8) is 0 Å². The number of halogens is 1. The van der Waals surface area contributed by atoms with Crippen LogP contribution in [0, 0.1) is 0 Å². The largest absolute Gasteiger partial charge is 0.444 e. The summed E-state index contributed by atoms with van der Waals surface area (Å²) in [5.74, 6) is -0.145. The molecule has 0 bridgehead atoms. The van der Waals surface area contributed by atoms with E-state index in [4.69, 9.17) is 16.3 Å². The van der Waals surface area contributed by atoms with Gasteiger partial charge in [-0.3, -0.25) is 9.78 Å². The van der Waals surface area contributed by atoms with Crippen molar-refractivity contribution in [2.45, 2.75) is 38.8 Å². The number of carbonyl (C=O) groups excluding carboxylic acids is 2. The molecule has 8 nitrogen and oxygen atoms in total. The number of carbonyl (C=O) groups is 2. The van der Waals surface area contributed by atoms with Crippen LogP contribution in [0.2, 0.25) is 5.15 Å². The monoisotopic (exact) mass is 467 g/mol. The number of pyridine rings is 2. The van der Waals surface area contributed by atoms with Crippen LogP contribution in [-0.4, -0.2) is 45.2 Å². The first-order chi connectivity index (χ1) is 15.7. The average molecular weight is 468 g/mol. The molecule has 1 aliphatic rings. The van der Waals surface area contributed by atoms with Gasteiger partial charge in [0.1, 0.15) is 16.4 Å². The van der Waals surface area contributed by atoms with Gasteiger partial charge >= 0.3 is 6.09 Å². The number of fused-ring (bicyclic) bond motifs is 1. The van der Waals surface area contributed by atoms with Crippen LogP contribution in [0.3, 0.4) is 0 Å². The van der Waals surface area contributed by atoms with E-state index < -0.39 is 11.7 Å². The first-order valence-electron chi connectivity index (χ1n) is 10.8. The van der Waals surface area contributed by atoms with Crippen molar-refractivity contribution in [2.75, 3.05) is 13.1 Å². The van der Waals surface area contributed by atoms with Crippen LogP contribution >= 0.6 is 11.6 Å². The van der Waals surface area contributed by atoms with Gasteiger partial charge in [-0.25, -0.2) is 9.78 Å². The van der Waals surface area contributed by atoms with Gasteiger partial charge in [0.05, 0.1) is 11.7 Å². The third-order valence-corrected chi connectivity index (χ3v) is 5.48. The van der Waals surface area contributed by atoms with Gasteiger partial charge in [-0.2, -0.15) is 0 Å². The van der Waals surface area contributed by atoms with Crippen LogP contribution in [0.15, 0.2) is 48.9 Å². The molecule has 0 aliphatic carbocycles. The van der Waals surface area contributed by atoms with Gasteiger partial charge in [0, 0.05) is 42.8 Å². The molecule has 1 aliphatic heterocycles. The standard InChI is InChI=1S/C24H26ClN5O3/c1-24(2,3)33-23(32)28-11-7-17-14-29-22(31)19-13-18(16-6-10-27-20(25)12-16)21(30(17)19)15-4-8-26-9-5-15/h4-6,8-10,12-13,17H,7,11,14H2,1-3H3,(H,28,32)(H,29,31). The number of hydrogen-bond acceptors (Lipinski definition) is 5. The summed E-state index contributed by atoms with van der Waals surface area (Å²) in [7, 11) is 0. The van der Waals surface area contributed by atoms with Crippen molar-refractivity contribution in [2.24, 2.45) is 0 Å². The Kier molecular flexibility index (Phi) is 6.37. The SMILES string of the molecule is CC(C)(C)OC(=O)NCCC1CNC(=O)c2cc(-c3ccnc(Cl)c3)c(-c3ccncc3)n21. The van der Waals surface area contributed by atoms with Crippen LogP contribution in [0.4, 0.5) is 4.79 Å². The Bertz CT molecular complexity index is 1170. The van der Waals surface area contributed by atoms with Crippen molar-refractivity contribution < 1.29 is 14.3 Å². The van der Waals surface area contributed by atoms with E-state index in [0.29, 0.717) is 30.4 Å². The molecule has 0 fully saturated rings. The van der Waals surface area contributed by atoms with Crippen LogP contribution in [0.1, 0.15) is 43.7 Å². The zero-order valence-electron chi connectivity index (χ0n) is 18.8. The zero-order chi connectivity index (χ0) is 23.6. The molecule has 0 saturated heterocycles. The maximum absolute atomic E-state index is 12.8. The van der Waals surface area contributed by atoms with Crippen LogP contribution in [0.25, 0.3) is 22.4 Å². The van der Waals surface area contributed by atoms with Gasteiger partial charge in [-0.1, -0.05) is 11.6 Å². The number of ether oxygens (including phenoxy) is 1. The van der Waals surface area contributed by atoms with Crippen molar-refractivity contribution >= 4 is 23.6 Å². The lowest BCUT2D eigenvalue weighted by Gasteiger charge is -2.29. The minimum absolute atomic E-state index is 0.0677. The number of nitrogens with zero attached hydrogens (tertiary/aromatic N) is 3. The van der Waals surface area contributed by atoms with E-state index >= 15 is 0 Å². The lowest BCUT2D eigenvalue weighted by molar-refractivity contribution is 0.0524. The van der Waals surface area contributed by atoms with Crippen molar-refractivity contribution in [1.29, 1.82) is 0 Å². The number of aromatic nitrogens is 3. The minimum atomic E-state index is -0.564. The summed E-state index contributed by atoms with van der Waals surface area (Å²) < 4.78 is 7.38. The number of rotatable bonds is 5. The fourth-order valence-corrected chi connectivity index (χ4v) is 4.13. The van der Waals surface area contributed by atoms with E-state index in [1.165, 1.54) is 0 Å². The predicted molar refractivity (Wildman–Crippen MR) is 126 cm³/mol. The molecule has 4 heterocycles. The highest BCUT2D eigenvalue weighted by Gasteiger charge is 2.31. The molecule has 0 aromatic carbocycles. The Balaban J connectivity index is 1.71. The smallest absolute Gasteiger partial charge is 0.407 e. The van der Waals surface area contributed by atoms with Gasteiger partial charge in [-0.15, -0.1) is 0 Å². The van der Waals surface area contributed by atoms with E-state index in [9.17, 15) is 9.59 Å². The molecule has 0 spiro atoms. The van der Waals surface area contributed by atoms with E-state index in [2.05, 4.69) is 25.2 Å². The maximum Gasteiger partial charge on any atom is 0.407 e. The predicted octanol–water partition coefficient (Wildman–Crippen LogP) is 4.46. The molecule has 33 heavy (non-hydrogen) atoms. The molecule has 1 atom stereocenters. The lowest BCUT2D eigenvalue weighted by Crippen LogP contribution is -2.41. The summed E-state index contributed by atoms with van der Waals surface area (Å²) in [5, 5.41) is 6.15. The molecule has 172 valence electrons. The molecule has 2 N–H and O–H groups in total. The summed E-state index contributed by atoms with van der Waals surface area (Å²) in [5.41, 5.74) is 3.56. The fourth-order valence-electron chi connectivity index (χ4n) is 3.95. The molecular weight excluding hydrogens is 442 g/mol. The molecule has 3 aromatic heterocycles. The van der Waals surface area contributed by atoms with Crippen LogP contribution in [-0.2, 0) is 4.74 Å². The number of alkyl carbamates (subject to hydrolysis) is 1. The van der Waals surface area contributed by atoms with Crippen LogP contribution < -0.4 is 10.6 Å². The lowest BCUT2D eigenvalue weighted by atomic mass is 10.0. The van der Waals surface area contributed by atoms with E-state index in [1.807, 2.05) is 45.0 Å². The number of nitrogens with one attached hydrogen (secondary N) is 2. The Morgan fingerprint density at radius 3 is 2.64 bits per heavy atom. The second-order valence-electron chi connectivity index (χ2n) is 8.85. The highest BCUT2D eigenvalue weighted by atomic mass is 35.5. The summed E-state index contributed by atoms with van der Waals surface area (Å²) in [4.78, 5) is 33.1. The molecule has 9 heteroatoms. The second kappa shape index (κ2) is 9.23. The summed E-state index contributed by atoms with van der Waals surface area (Å²) >= 11 is 6.16. The Morgan fingerprint density at radius 2 is 1.94 bits per heavy atom. The average Bonchev–Trinajstić information content (AvgIpc) is 3.16. The molecule has 2 amide bonds. The number of hydrogen-bond donors (Lipinski definition) is 2. The van der Waals surface area contributed by atoms with Gasteiger partial charge in [-0.05, 0) is 63.1 Å². The highest BCUT2D eigenvalue weighted by molar-refractivity contribution is 6.29. The molecule has 3 aromatic rings. The van der Waals surface area contributed by atoms with Crippen molar-refractivity contribution in [3.8, 4) is 22.4 Å². The van der Waals surface area contributed by atoms with E-state index in [1.54, 1.807) is 24.7 Å². The van der Waals surface area contributed by atoms with Gasteiger partial charge in [0.15, 0.2) is 0 Å². The maximum atomic E-state index is 12.8. The topological polar surface area (TPSA) is 98.1 Å². The van der Waals surface area contributed by atoms with Gasteiger partial charge in [0.25, 0.3) is 5.91 Å². The molecule has 0 saturated carbocycles. The van der Waals surface area contributed by atoms with Gasteiger partial charge < -0.3 is 19.9 Å².